The number of carbonyl (C=O) groups excluding carboxylic acids is 2. The molecule has 0 radical (unpaired) electrons. The first-order valence-electron chi connectivity index (χ1n) is 7.34. The number of furan rings is 1. The van der Waals surface area contributed by atoms with E-state index in [0.29, 0.717) is 17.1 Å². The van der Waals surface area contributed by atoms with Gasteiger partial charge in [0, 0.05) is 5.69 Å². The lowest BCUT2D eigenvalue weighted by atomic mass is 10.1. The molecule has 23 heavy (non-hydrogen) atoms. The van der Waals surface area contributed by atoms with Gasteiger partial charge in [0.15, 0.2) is 0 Å². The van der Waals surface area contributed by atoms with Crippen LogP contribution in [0, 0.1) is 27.7 Å². The van der Waals surface area contributed by atoms with E-state index in [4.69, 9.17) is 4.42 Å². The minimum atomic E-state index is -0.404. The summed E-state index contributed by atoms with van der Waals surface area (Å²) in [4.78, 5) is 23.8. The fourth-order valence-corrected chi connectivity index (χ4v) is 2.28. The average Bonchev–Trinajstić information content (AvgIpc) is 2.82. The van der Waals surface area contributed by atoms with Gasteiger partial charge in [0.2, 0.25) is 0 Å². The maximum absolute atomic E-state index is 11.9. The lowest BCUT2D eigenvalue weighted by molar-refractivity contribution is -0.120. The number of rotatable bonds is 4. The maximum Gasteiger partial charge on any atom is 0.273 e. The van der Waals surface area contributed by atoms with Crippen LogP contribution in [0.5, 0.6) is 0 Å². The van der Waals surface area contributed by atoms with Crippen molar-refractivity contribution in [1.82, 2.24) is 10.9 Å². The van der Waals surface area contributed by atoms with Crippen LogP contribution in [0.1, 0.15) is 33.0 Å². The van der Waals surface area contributed by atoms with Gasteiger partial charge in [0.25, 0.3) is 11.8 Å². The summed E-state index contributed by atoms with van der Waals surface area (Å²) in [7, 11) is 0. The fraction of sp³-hybridized carbons (Fsp3) is 0.294. The van der Waals surface area contributed by atoms with Gasteiger partial charge < -0.3 is 9.73 Å². The van der Waals surface area contributed by atoms with Gasteiger partial charge in [0.1, 0.15) is 11.5 Å². The number of anilines is 1. The zero-order valence-corrected chi connectivity index (χ0v) is 13.7. The van der Waals surface area contributed by atoms with Crippen molar-refractivity contribution in [1.29, 1.82) is 0 Å². The van der Waals surface area contributed by atoms with E-state index in [1.54, 1.807) is 19.9 Å². The number of benzene rings is 1. The Bertz CT molecular complexity index is 735. The molecule has 6 heteroatoms. The second-order valence-corrected chi connectivity index (χ2v) is 5.50. The Balaban J connectivity index is 1.83. The third-order valence-electron chi connectivity index (χ3n) is 3.42. The summed E-state index contributed by atoms with van der Waals surface area (Å²) < 4.78 is 5.28. The van der Waals surface area contributed by atoms with Gasteiger partial charge in [-0.3, -0.25) is 20.4 Å². The predicted octanol–water partition coefficient (Wildman–Crippen LogP) is 2.39. The van der Waals surface area contributed by atoms with E-state index in [-0.39, 0.29) is 12.5 Å². The smallest absolute Gasteiger partial charge is 0.273 e. The van der Waals surface area contributed by atoms with Crippen LogP contribution in [0.2, 0.25) is 0 Å². The van der Waals surface area contributed by atoms with Gasteiger partial charge in [0.05, 0.1) is 12.1 Å². The average molecular weight is 315 g/mol. The third-order valence-corrected chi connectivity index (χ3v) is 3.42. The minimum Gasteiger partial charge on any atom is -0.466 e. The van der Waals surface area contributed by atoms with Crippen LogP contribution in [-0.2, 0) is 4.79 Å². The Morgan fingerprint density at radius 1 is 1.04 bits per heavy atom. The number of nitrogens with one attached hydrogen (secondary N) is 3. The third kappa shape index (κ3) is 4.35. The molecule has 0 aliphatic rings. The molecule has 1 aromatic carbocycles. The van der Waals surface area contributed by atoms with Crippen molar-refractivity contribution in [2.45, 2.75) is 27.7 Å². The summed E-state index contributed by atoms with van der Waals surface area (Å²) in [5, 5.41) is 3.04. The number of carbonyl (C=O) groups is 2. The van der Waals surface area contributed by atoms with E-state index in [1.807, 2.05) is 32.0 Å². The van der Waals surface area contributed by atoms with Crippen molar-refractivity contribution in [3.8, 4) is 0 Å². The molecule has 0 saturated heterocycles. The summed E-state index contributed by atoms with van der Waals surface area (Å²) >= 11 is 0. The molecule has 0 fully saturated rings. The molecule has 6 nitrogen and oxygen atoms in total. The van der Waals surface area contributed by atoms with E-state index in [2.05, 4.69) is 16.2 Å². The Kier molecular flexibility index (Phi) is 5.05. The Morgan fingerprint density at radius 3 is 2.39 bits per heavy atom. The SMILES string of the molecule is Cc1ccc(NCC(=O)NNC(=O)c2cc(C)oc2C)c(C)c1. The highest BCUT2D eigenvalue weighted by molar-refractivity contribution is 5.96. The van der Waals surface area contributed by atoms with Crippen molar-refractivity contribution in [3.63, 3.8) is 0 Å². The van der Waals surface area contributed by atoms with E-state index in [1.165, 1.54) is 0 Å². The number of hydrogen-bond donors (Lipinski definition) is 3. The van der Waals surface area contributed by atoms with Gasteiger partial charge in [-0.25, -0.2) is 0 Å². The van der Waals surface area contributed by atoms with E-state index in [0.717, 1.165) is 16.8 Å². The number of hydrazine groups is 1. The second-order valence-electron chi connectivity index (χ2n) is 5.50. The van der Waals surface area contributed by atoms with E-state index in [9.17, 15) is 9.59 Å². The topological polar surface area (TPSA) is 83.4 Å². The first kappa shape index (κ1) is 16.6. The van der Waals surface area contributed by atoms with Crippen molar-refractivity contribution in [2.75, 3.05) is 11.9 Å². The van der Waals surface area contributed by atoms with E-state index >= 15 is 0 Å². The summed E-state index contributed by atoms with van der Waals surface area (Å²) in [6.07, 6.45) is 0. The molecule has 0 saturated carbocycles. The fourth-order valence-electron chi connectivity index (χ4n) is 2.28. The molecule has 2 rings (SSSR count). The first-order chi connectivity index (χ1) is 10.9. The van der Waals surface area contributed by atoms with Crippen LogP contribution in [0.4, 0.5) is 5.69 Å². The highest BCUT2D eigenvalue weighted by atomic mass is 16.3. The lowest BCUT2D eigenvalue weighted by Crippen LogP contribution is -2.44. The molecule has 1 aromatic heterocycles. The van der Waals surface area contributed by atoms with E-state index < -0.39 is 5.91 Å². The predicted molar refractivity (Wildman–Crippen MR) is 88.2 cm³/mol. The largest absolute Gasteiger partial charge is 0.466 e. The van der Waals surface area contributed by atoms with Gasteiger partial charge in [-0.05, 0) is 45.4 Å². The Morgan fingerprint density at radius 2 is 1.78 bits per heavy atom. The number of hydrogen-bond acceptors (Lipinski definition) is 4. The van der Waals surface area contributed by atoms with Crippen LogP contribution in [0.15, 0.2) is 28.7 Å². The summed E-state index contributed by atoms with van der Waals surface area (Å²) in [6.45, 7) is 7.51. The molecule has 0 unspecified atom stereocenters. The molecule has 0 aliphatic carbocycles. The molecule has 122 valence electrons. The molecule has 1 heterocycles. The van der Waals surface area contributed by atoms with Crippen LogP contribution in [-0.4, -0.2) is 18.4 Å². The molecule has 3 N–H and O–H groups in total. The zero-order chi connectivity index (χ0) is 17.0. The normalized spacial score (nSPS) is 10.3. The minimum absolute atomic E-state index is 0.0631. The van der Waals surface area contributed by atoms with Crippen LogP contribution in [0.3, 0.4) is 0 Å². The van der Waals surface area contributed by atoms with Crippen LogP contribution in [0.25, 0.3) is 0 Å². The van der Waals surface area contributed by atoms with Crippen molar-refractivity contribution < 1.29 is 14.0 Å². The van der Waals surface area contributed by atoms with Gasteiger partial charge in [-0.2, -0.15) is 0 Å². The molecular formula is C17H21N3O3. The quantitative estimate of drug-likeness (QED) is 0.757. The molecule has 0 atom stereocenters. The van der Waals surface area contributed by atoms with Crippen molar-refractivity contribution in [2.24, 2.45) is 0 Å². The molecular weight excluding hydrogens is 294 g/mol. The van der Waals surface area contributed by atoms with Crippen LogP contribution >= 0.6 is 0 Å². The van der Waals surface area contributed by atoms with Gasteiger partial charge in [-0.15, -0.1) is 0 Å². The van der Waals surface area contributed by atoms with Crippen LogP contribution < -0.4 is 16.2 Å². The summed E-state index contributed by atoms with van der Waals surface area (Å²) in [5.74, 6) is 0.425. The molecule has 0 aliphatic heterocycles. The number of amides is 2. The molecule has 2 amide bonds. The standard InChI is InChI=1S/C17H21N3O3/c1-10-5-6-15(11(2)7-10)18-9-16(21)19-20-17(22)14-8-12(3)23-13(14)4/h5-8,18H,9H2,1-4H3,(H,19,21)(H,20,22). The molecule has 0 bridgehead atoms. The first-order valence-corrected chi connectivity index (χ1v) is 7.34. The maximum atomic E-state index is 11.9. The van der Waals surface area contributed by atoms with Gasteiger partial charge >= 0.3 is 0 Å². The molecule has 0 spiro atoms. The highest BCUT2D eigenvalue weighted by Gasteiger charge is 2.14. The summed E-state index contributed by atoms with van der Waals surface area (Å²) in [5.41, 5.74) is 8.27. The Hall–Kier alpha value is -2.76. The van der Waals surface area contributed by atoms with Crippen molar-refractivity contribution in [3.05, 3.63) is 52.5 Å². The lowest BCUT2D eigenvalue weighted by Gasteiger charge is -2.11. The summed E-state index contributed by atoms with van der Waals surface area (Å²) in [6, 6.07) is 7.56. The monoisotopic (exact) mass is 315 g/mol. The van der Waals surface area contributed by atoms with Gasteiger partial charge in [-0.1, -0.05) is 17.7 Å². The van der Waals surface area contributed by atoms with Crippen molar-refractivity contribution >= 4 is 17.5 Å². The molecule has 2 aromatic rings. The highest BCUT2D eigenvalue weighted by Crippen LogP contribution is 2.15. The zero-order valence-electron chi connectivity index (χ0n) is 13.7. The second kappa shape index (κ2) is 7.00. The number of aryl methyl sites for hydroxylation is 4. The Labute approximate surface area is 135 Å².